The molecule has 0 amide bonds. The third-order valence-electron chi connectivity index (χ3n) is 7.25. The topological polar surface area (TPSA) is 66.4 Å². The van der Waals surface area contributed by atoms with Crippen LogP contribution in [0, 0.1) is 0 Å². The number of pyridine rings is 1. The monoisotopic (exact) mass is 442 g/mol. The molecule has 1 spiro atoms. The Morgan fingerprint density at radius 3 is 2.70 bits per heavy atom. The predicted octanol–water partition coefficient (Wildman–Crippen LogP) is 3.37. The number of rotatable bonds is 6. The van der Waals surface area contributed by atoms with E-state index in [4.69, 9.17) is 9.72 Å². The highest BCUT2D eigenvalue weighted by atomic mass is 16.5. The van der Waals surface area contributed by atoms with Crippen molar-refractivity contribution in [3.63, 3.8) is 0 Å². The summed E-state index contributed by atoms with van der Waals surface area (Å²) >= 11 is 0. The molecule has 0 atom stereocenters. The second-order valence-electron chi connectivity index (χ2n) is 9.52. The summed E-state index contributed by atoms with van der Waals surface area (Å²) in [5.74, 6) is 2.98. The number of ether oxygens (including phenoxy) is 1. The fourth-order valence-corrected chi connectivity index (χ4v) is 4.92. The van der Waals surface area contributed by atoms with E-state index >= 15 is 0 Å². The maximum Gasteiger partial charge on any atom is 0.129 e. The molecular formula is C26H30N6O. The first-order chi connectivity index (χ1) is 16.2. The summed E-state index contributed by atoms with van der Waals surface area (Å²) < 4.78 is 6.08. The molecule has 1 saturated heterocycles. The largest absolute Gasteiger partial charge is 0.492 e. The van der Waals surface area contributed by atoms with Crippen LogP contribution in [0.25, 0.3) is 11.3 Å². The number of benzene rings is 1. The third-order valence-corrected chi connectivity index (χ3v) is 7.25. The molecular weight excluding hydrogens is 412 g/mol. The average Bonchev–Trinajstić information content (AvgIpc) is 3.55. The molecule has 0 radical (unpaired) electrons. The van der Waals surface area contributed by atoms with Crippen molar-refractivity contribution >= 4 is 11.6 Å². The summed E-state index contributed by atoms with van der Waals surface area (Å²) in [6, 6.07) is 12.8. The van der Waals surface area contributed by atoms with Crippen LogP contribution in [0.3, 0.4) is 0 Å². The first-order valence-electron chi connectivity index (χ1n) is 11.9. The van der Waals surface area contributed by atoms with Crippen molar-refractivity contribution in [3.8, 4) is 17.0 Å². The summed E-state index contributed by atoms with van der Waals surface area (Å²) in [6.07, 6.45) is 6.96. The molecule has 3 aromatic rings. The van der Waals surface area contributed by atoms with Gasteiger partial charge in [-0.2, -0.15) is 0 Å². The van der Waals surface area contributed by atoms with Crippen molar-refractivity contribution in [2.45, 2.75) is 24.7 Å². The second kappa shape index (κ2) is 8.30. The number of nitrogens with zero attached hydrogens (tertiary/aromatic N) is 5. The Kier molecular flexibility index (Phi) is 5.14. The number of nitrogens with one attached hydrogen (secondary N) is 1. The Bertz CT molecular complexity index is 1140. The normalized spacial score (nSPS) is 18.8. The van der Waals surface area contributed by atoms with E-state index in [2.05, 4.69) is 62.5 Å². The minimum atomic E-state index is 0.328. The third kappa shape index (κ3) is 4.02. The van der Waals surface area contributed by atoms with Crippen LogP contribution in [0.5, 0.6) is 5.75 Å². The zero-order chi connectivity index (χ0) is 22.3. The summed E-state index contributed by atoms with van der Waals surface area (Å²) in [5.41, 5.74) is 4.90. The number of hydrogen-bond donors (Lipinski definition) is 1. The van der Waals surface area contributed by atoms with Crippen LogP contribution in [-0.2, 0) is 11.8 Å². The van der Waals surface area contributed by atoms with Crippen LogP contribution in [0.4, 0.5) is 11.6 Å². The number of piperazine rings is 1. The molecule has 1 N–H and O–H groups in total. The number of para-hydroxylation sites is 1. The zero-order valence-electron chi connectivity index (χ0n) is 19.1. The summed E-state index contributed by atoms with van der Waals surface area (Å²) in [4.78, 5) is 18.3. The molecule has 7 heteroatoms. The van der Waals surface area contributed by atoms with E-state index in [0.717, 1.165) is 74.4 Å². The van der Waals surface area contributed by atoms with Crippen LogP contribution >= 0.6 is 0 Å². The molecule has 1 aromatic carbocycles. The quantitative estimate of drug-likeness (QED) is 0.628. The number of anilines is 2. The maximum absolute atomic E-state index is 6.08. The Labute approximate surface area is 194 Å². The van der Waals surface area contributed by atoms with Crippen molar-refractivity contribution in [2.24, 2.45) is 0 Å². The number of likely N-dealkylation sites (N-methyl/N-ethyl adjacent to an activating group) is 1. The Morgan fingerprint density at radius 1 is 1.03 bits per heavy atom. The van der Waals surface area contributed by atoms with E-state index in [1.807, 2.05) is 12.3 Å². The molecule has 0 bridgehead atoms. The van der Waals surface area contributed by atoms with Gasteiger partial charge in [-0.3, -0.25) is 0 Å². The lowest BCUT2D eigenvalue weighted by molar-refractivity contribution is 0.312. The molecule has 0 unspecified atom stereocenters. The zero-order valence-corrected chi connectivity index (χ0v) is 19.1. The molecule has 2 aromatic heterocycles. The fraction of sp³-hybridized carbons (Fsp3) is 0.423. The molecule has 2 aliphatic heterocycles. The van der Waals surface area contributed by atoms with E-state index in [9.17, 15) is 0 Å². The van der Waals surface area contributed by atoms with Gasteiger partial charge >= 0.3 is 0 Å². The van der Waals surface area contributed by atoms with Gasteiger partial charge in [-0.25, -0.2) is 15.0 Å². The smallest absolute Gasteiger partial charge is 0.129 e. The summed E-state index contributed by atoms with van der Waals surface area (Å²) in [5, 5.41) is 3.46. The van der Waals surface area contributed by atoms with Crippen molar-refractivity contribution in [1.29, 1.82) is 0 Å². The van der Waals surface area contributed by atoms with Gasteiger partial charge in [-0.05, 0) is 44.0 Å². The van der Waals surface area contributed by atoms with Gasteiger partial charge in [0.05, 0.1) is 12.3 Å². The van der Waals surface area contributed by atoms with E-state index < -0.39 is 0 Å². The summed E-state index contributed by atoms with van der Waals surface area (Å²) in [7, 11) is 2.16. The van der Waals surface area contributed by atoms with Gasteiger partial charge in [0.25, 0.3) is 0 Å². The van der Waals surface area contributed by atoms with Crippen molar-refractivity contribution in [2.75, 3.05) is 56.6 Å². The van der Waals surface area contributed by atoms with Gasteiger partial charge in [0, 0.05) is 61.5 Å². The Morgan fingerprint density at radius 2 is 1.91 bits per heavy atom. The highest BCUT2D eigenvalue weighted by Gasteiger charge is 2.50. The van der Waals surface area contributed by atoms with Gasteiger partial charge in [0.1, 0.15) is 23.7 Å². The van der Waals surface area contributed by atoms with E-state index in [1.165, 1.54) is 24.0 Å². The maximum atomic E-state index is 6.08. The molecule has 3 aliphatic rings. The molecule has 6 rings (SSSR count). The first kappa shape index (κ1) is 20.4. The molecule has 170 valence electrons. The lowest BCUT2D eigenvalue weighted by atomic mass is 9.96. The molecule has 2 fully saturated rings. The summed E-state index contributed by atoms with van der Waals surface area (Å²) in [6.45, 7) is 5.82. The minimum absolute atomic E-state index is 0.328. The van der Waals surface area contributed by atoms with Crippen LogP contribution in [0.2, 0.25) is 0 Å². The highest BCUT2D eigenvalue weighted by Crippen LogP contribution is 2.56. The van der Waals surface area contributed by atoms with E-state index in [0.29, 0.717) is 5.41 Å². The van der Waals surface area contributed by atoms with Gasteiger partial charge in [0.2, 0.25) is 0 Å². The van der Waals surface area contributed by atoms with Crippen LogP contribution in [0.15, 0.2) is 48.9 Å². The fourth-order valence-electron chi connectivity index (χ4n) is 4.92. The van der Waals surface area contributed by atoms with Crippen LogP contribution in [0.1, 0.15) is 24.0 Å². The van der Waals surface area contributed by atoms with Gasteiger partial charge in [-0.1, -0.05) is 18.2 Å². The number of fused-ring (bicyclic) bond motifs is 2. The molecule has 4 heterocycles. The van der Waals surface area contributed by atoms with E-state index in [1.54, 1.807) is 6.33 Å². The van der Waals surface area contributed by atoms with Crippen LogP contribution in [-0.4, -0.2) is 66.2 Å². The van der Waals surface area contributed by atoms with E-state index in [-0.39, 0.29) is 0 Å². The van der Waals surface area contributed by atoms with Gasteiger partial charge in [0.15, 0.2) is 0 Å². The molecule has 33 heavy (non-hydrogen) atoms. The van der Waals surface area contributed by atoms with Crippen molar-refractivity contribution in [1.82, 2.24) is 19.9 Å². The number of aromatic nitrogens is 3. The molecule has 7 nitrogen and oxygen atoms in total. The van der Waals surface area contributed by atoms with Gasteiger partial charge in [-0.15, -0.1) is 0 Å². The van der Waals surface area contributed by atoms with Crippen molar-refractivity contribution < 1.29 is 4.74 Å². The Balaban J connectivity index is 1.10. The molecule has 1 saturated carbocycles. The van der Waals surface area contributed by atoms with Crippen molar-refractivity contribution in [3.05, 3.63) is 60.0 Å². The SMILES string of the molecule is CN1CCN(c2ccc(-c3cc(NCCc4cccc5c4OCC54CC4)ncn3)cn2)CC1. The average molecular weight is 443 g/mol. The highest BCUT2D eigenvalue weighted by molar-refractivity contribution is 5.63. The second-order valence-corrected chi connectivity index (χ2v) is 9.52. The number of hydrogen-bond acceptors (Lipinski definition) is 7. The van der Waals surface area contributed by atoms with Crippen LogP contribution < -0.4 is 15.0 Å². The van der Waals surface area contributed by atoms with Gasteiger partial charge < -0.3 is 19.9 Å². The first-order valence-corrected chi connectivity index (χ1v) is 11.9. The minimum Gasteiger partial charge on any atom is -0.492 e. The standard InChI is InChI=1S/C26H30N6O/c1-31-11-13-32(14-12-31)24-6-5-20(16-28-24)22-15-23(30-18-29-22)27-10-7-19-3-2-4-21-25(19)33-17-26(21)8-9-26/h2-6,15-16,18H,7-14,17H2,1H3,(H,27,29,30). The molecule has 1 aliphatic carbocycles. The Hall–Kier alpha value is -3.19. The lowest BCUT2D eigenvalue weighted by Crippen LogP contribution is -2.44. The lowest BCUT2D eigenvalue weighted by Gasteiger charge is -2.33. The predicted molar refractivity (Wildman–Crippen MR) is 130 cm³/mol.